The van der Waals surface area contributed by atoms with Gasteiger partial charge in [0.1, 0.15) is 5.76 Å². The van der Waals surface area contributed by atoms with E-state index >= 15 is 0 Å². The molecule has 0 fully saturated rings. The highest BCUT2D eigenvalue weighted by molar-refractivity contribution is 6.02. The van der Waals surface area contributed by atoms with Crippen LogP contribution in [0.5, 0.6) is 0 Å². The fourth-order valence-corrected chi connectivity index (χ4v) is 2.17. The van der Waals surface area contributed by atoms with E-state index in [1.165, 1.54) is 0 Å². The van der Waals surface area contributed by atoms with Crippen LogP contribution >= 0.6 is 0 Å². The molecule has 0 saturated carbocycles. The zero-order valence-corrected chi connectivity index (χ0v) is 12.9. The Balaban J connectivity index is 1.57. The predicted octanol–water partition coefficient (Wildman–Crippen LogP) is 3.46. The molecule has 3 rings (SSSR count). The standard InChI is InChI=1S/C19H16N2O3/c22-18(14-7-3-1-4-8-14)20-13-16-11-12-17(24-16)19(23)21-15-9-5-2-6-10-15/h1-12H,13H2,(H,20,22)(H,21,23). The average molecular weight is 320 g/mol. The number of rotatable bonds is 5. The molecule has 0 aliphatic heterocycles. The molecule has 5 heteroatoms. The average Bonchev–Trinajstić information content (AvgIpc) is 3.10. The number of carbonyl (C=O) groups excluding carboxylic acids is 2. The molecule has 24 heavy (non-hydrogen) atoms. The van der Waals surface area contributed by atoms with Crippen LogP contribution < -0.4 is 10.6 Å². The van der Waals surface area contributed by atoms with Gasteiger partial charge in [-0.1, -0.05) is 36.4 Å². The maximum Gasteiger partial charge on any atom is 0.291 e. The smallest absolute Gasteiger partial charge is 0.291 e. The first-order valence-electron chi connectivity index (χ1n) is 7.51. The second-order valence-electron chi connectivity index (χ2n) is 5.13. The van der Waals surface area contributed by atoms with Crippen molar-refractivity contribution in [1.29, 1.82) is 0 Å². The van der Waals surface area contributed by atoms with Crippen LogP contribution in [0.15, 0.2) is 77.2 Å². The van der Waals surface area contributed by atoms with Crippen molar-refractivity contribution in [3.05, 3.63) is 89.9 Å². The van der Waals surface area contributed by atoms with Gasteiger partial charge in [0.05, 0.1) is 6.54 Å². The second-order valence-corrected chi connectivity index (χ2v) is 5.13. The Morgan fingerprint density at radius 1 is 0.792 bits per heavy atom. The maximum atomic E-state index is 12.1. The van der Waals surface area contributed by atoms with Gasteiger partial charge in [-0.3, -0.25) is 9.59 Å². The van der Waals surface area contributed by atoms with Crippen LogP contribution in [0, 0.1) is 0 Å². The molecule has 0 saturated heterocycles. The third-order valence-electron chi connectivity index (χ3n) is 3.38. The highest BCUT2D eigenvalue weighted by atomic mass is 16.4. The number of carbonyl (C=O) groups is 2. The van der Waals surface area contributed by atoms with Crippen LogP contribution in [0.4, 0.5) is 5.69 Å². The van der Waals surface area contributed by atoms with E-state index in [4.69, 9.17) is 4.42 Å². The minimum Gasteiger partial charge on any atom is -0.454 e. The molecule has 2 aromatic carbocycles. The SMILES string of the molecule is O=C(NCc1ccc(C(=O)Nc2ccccc2)o1)c1ccccc1. The van der Waals surface area contributed by atoms with E-state index < -0.39 is 0 Å². The van der Waals surface area contributed by atoms with Gasteiger partial charge in [-0.2, -0.15) is 0 Å². The van der Waals surface area contributed by atoms with Crippen LogP contribution in [0.1, 0.15) is 26.7 Å². The fraction of sp³-hybridized carbons (Fsp3) is 0.0526. The molecule has 0 aliphatic rings. The zero-order chi connectivity index (χ0) is 16.8. The summed E-state index contributed by atoms with van der Waals surface area (Å²) in [5, 5.41) is 5.50. The number of benzene rings is 2. The summed E-state index contributed by atoms with van der Waals surface area (Å²) in [5.74, 6) is 0.185. The van der Waals surface area contributed by atoms with E-state index in [-0.39, 0.29) is 24.1 Å². The van der Waals surface area contributed by atoms with Crippen molar-refractivity contribution in [2.24, 2.45) is 0 Å². The molecule has 2 amide bonds. The Hall–Kier alpha value is -3.34. The molecular weight excluding hydrogens is 304 g/mol. The quantitative estimate of drug-likeness (QED) is 0.756. The number of hydrogen-bond donors (Lipinski definition) is 2. The lowest BCUT2D eigenvalue weighted by molar-refractivity contribution is 0.0948. The van der Waals surface area contributed by atoms with E-state index in [9.17, 15) is 9.59 Å². The summed E-state index contributed by atoms with van der Waals surface area (Å²) in [6.07, 6.45) is 0. The lowest BCUT2D eigenvalue weighted by Crippen LogP contribution is -2.22. The van der Waals surface area contributed by atoms with Crippen molar-refractivity contribution in [3.8, 4) is 0 Å². The summed E-state index contributed by atoms with van der Waals surface area (Å²) < 4.78 is 5.48. The van der Waals surface area contributed by atoms with Gasteiger partial charge in [0.2, 0.25) is 0 Å². The Kier molecular flexibility index (Phi) is 4.72. The molecule has 120 valence electrons. The lowest BCUT2D eigenvalue weighted by Gasteiger charge is -2.04. The summed E-state index contributed by atoms with van der Waals surface area (Å²) in [7, 11) is 0. The van der Waals surface area contributed by atoms with Crippen LogP contribution in [0.25, 0.3) is 0 Å². The largest absolute Gasteiger partial charge is 0.454 e. The van der Waals surface area contributed by atoms with Crippen molar-refractivity contribution in [2.75, 3.05) is 5.32 Å². The van der Waals surface area contributed by atoms with Crippen molar-refractivity contribution >= 4 is 17.5 Å². The number of furan rings is 1. The van der Waals surface area contributed by atoms with Crippen molar-refractivity contribution in [1.82, 2.24) is 5.32 Å². The minimum atomic E-state index is -0.332. The number of amides is 2. The highest BCUT2D eigenvalue weighted by Crippen LogP contribution is 2.12. The minimum absolute atomic E-state index is 0.192. The first-order valence-corrected chi connectivity index (χ1v) is 7.51. The summed E-state index contributed by atoms with van der Waals surface area (Å²) in [6, 6.07) is 21.3. The van der Waals surface area contributed by atoms with Gasteiger partial charge in [-0.15, -0.1) is 0 Å². The predicted molar refractivity (Wildman–Crippen MR) is 90.7 cm³/mol. The van der Waals surface area contributed by atoms with E-state index in [1.807, 2.05) is 24.3 Å². The molecule has 0 aliphatic carbocycles. The van der Waals surface area contributed by atoms with Crippen LogP contribution in [-0.2, 0) is 6.54 Å². The number of anilines is 1. The molecule has 0 unspecified atom stereocenters. The molecule has 2 N–H and O–H groups in total. The van der Waals surface area contributed by atoms with E-state index in [2.05, 4.69) is 10.6 Å². The van der Waals surface area contributed by atoms with E-state index in [1.54, 1.807) is 48.5 Å². The number of hydrogen-bond acceptors (Lipinski definition) is 3. The molecule has 0 atom stereocenters. The van der Waals surface area contributed by atoms with Gasteiger partial charge in [-0.05, 0) is 36.4 Å². The number of para-hydroxylation sites is 1. The van der Waals surface area contributed by atoms with E-state index in [0.29, 0.717) is 17.0 Å². The van der Waals surface area contributed by atoms with Crippen LogP contribution in [0.3, 0.4) is 0 Å². The molecule has 3 aromatic rings. The van der Waals surface area contributed by atoms with Crippen molar-refractivity contribution in [3.63, 3.8) is 0 Å². The molecule has 1 aromatic heterocycles. The molecule has 0 spiro atoms. The first-order chi connectivity index (χ1) is 11.7. The van der Waals surface area contributed by atoms with Crippen molar-refractivity contribution < 1.29 is 14.0 Å². The summed E-state index contributed by atoms with van der Waals surface area (Å²) in [4.78, 5) is 24.1. The molecule has 0 radical (unpaired) electrons. The van der Waals surface area contributed by atoms with Gasteiger partial charge in [0.15, 0.2) is 5.76 Å². The van der Waals surface area contributed by atoms with Gasteiger partial charge >= 0.3 is 0 Å². The van der Waals surface area contributed by atoms with Crippen LogP contribution in [-0.4, -0.2) is 11.8 Å². The zero-order valence-electron chi connectivity index (χ0n) is 12.9. The monoisotopic (exact) mass is 320 g/mol. The molecule has 1 heterocycles. The maximum absolute atomic E-state index is 12.1. The van der Waals surface area contributed by atoms with E-state index in [0.717, 1.165) is 0 Å². The van der Waals surface area contributed by atoms with Gasteiger partial charge in [0, 0.05) is 11.3 Å². The van der Waals surface area contributed by atoms with Gasteiger partial charge < -0.3 is 15.1 Å². The van der Waals surface area contributed by atoms with Gasteiger partial charge in [0.25, 0.3) is 11.8 Å². The fourth-order valence-electron chi connectivity index (χ4n) is 2.17. The van der Waals surface area contributed by atoms with Crippen molar-refractivity contribution in [2.45, 2.75) is 6.54 Å². The summed E-state index contributed by atoms with van der Waals surface area (Å²) in [5.41, 5.74) is 1.27. The molecule has 5 nitrogen and oxygen atoms in total. The molecule has 0 bridgehead atoms. The second kappa shape index (κ2) is 7.28. The van der Waals surface area contributed by atoms with Crippen LogP contribution in [0.2, 0.25) is 0 Å². The lowest BCUT2D eigenvalue weighted by atomic mass is 10.2. The normalized spacial score (nSPS) is 10.2. The summed E-state index contributed by atoms with van der Waals surface area (Å²) in [6.45, 7) is 0.215. The highest BCUT2D eigenvalue weighted by Gasteiger charge is 2.12. The third kappa shape index (κ3) is 3.89. The Morgan fingerprint density at radius 3 is 2.17 bits per heavy atom. The first kappa shape index (κ1) is 15.6. The Morgan fingerprint density at radius 2 is 1.46 bits per heavy atom. The van der Waals surface area contributed by atoms with Gasteiger partial charge in [-0.25, -0.2) is 0 Å². The summed E-state index contributed by atoms with van der Waals surface area (Å²) >= 11 is 0. The number of nitrogens with one attached hydrogen (secondary N) is 2. The topological polar surface area (TPSA) is 71.3 Å². The third-order valence-corrected chi connectivity index (χ3v) is 3.38. The Bertz CT molecular complexity index is 826. The molecular formula is C19H16N2O3. The Labute approximate surface area is 139 Å².